The lowest BCUT2D eigenvalue weighted by Gasteiger charge is -2.15. The van der Waals surface area contributed by atoms with Gasteiger partial charge in [0.25, 0.3) is 0 Å². The van der Waals surface area contributed by atoms with E-state index in [0.29, 0.717) is 0 Å². The number of aryl methyl sites for hydroxylation is 5. The number of nitrogens with one attached hydrogen (secondary N) is 5. The van der Waals surface area contributed by atoms with Crippen LogP contribution in [0.5, 0.6) is 28.7 Å². The Bertz CT molecular complexity index is 4500. The quantitative estimate of drug-likeness (QED) is 0.0177. The summed E-state index contributed by atoms with van der Waals surface area (Å²) in [4.78, 5) is 0. The topological polar surface area (TPSA) is 254 Å². The molecule has 540 valence electrons. The molecule has 0 aliphatic carbocycles. The minimum atomic E-state index is -3.31. The summed E-state index contributed by atoms with van der Waals surface area (Å²) in [7, 11) is 5.23. The first kappa shape index (κ1) is 38.7. The van der Waals surface area contributed by atoms with Crippen molar-refractivity contribution in [3.05, 3.63) is 149 Å². The average Bonchev–Trinajstić information content (AvgIpc) is 0.777. The van der Waals surface area contributed by atoms with Crippen LogP contribution in [-0.4, -0.2) is 220 Å². The fourth-order valence-corrected chi connectivity index (χ4v) is 5.86. The number of benzene rings is 5. The molecule has 0 aromatic heterocycles. The number of methoxy groups -OCH3 is 5. The Morgan fingerprint density at radius 3 is 0.716 bits per heavy atom. The van der Waals surface area contributed by atoms with Crippen molar-refractivity contribution in [1.82, 2.24) is 26.6 Å². The number of aliphatic hydroxyl groups excluding tert-OH is 5. The standard InChI is InChI=1S/5C15H25NO3/c5*1-12(2)16-10-14(17)11-19-15-6-4-13(5-7-15)8-9-18-3/h5*4-7,12,14,16-17H,8-11H2,1-3H3/i1D3,2D3,8D2,9D2,11D2,12D;1D3,8D2,9D2,11D2,12D;8D2,9D2,11D2,12D;1D3,8D2,9D2,11D2;8D2,9D2,11D2. The maximum Gasteiger partial charge on any atom is 0.119 e. The fraction of sp³-hybridized carbons (Fsp3) is 0.600. The van der Waals surface area contributed by atoms with Gasteiger partial charge in [-0.2, -0.15) is 0 Å². The minimum absolute atomic E-state index is 0.00423. The Morgan fingerprint density at radius 2 is 0.516 bits per heavy atom. The van der Waals surface area contributed by atoms with Crippen molar-refractivity contribution in [3.63, 3.8) is 0 Å². The number of hydrogen-bond acceptors (Lipinski definition) is 20. The molecule has 20 nitrogen and oxygen atoms in total. The molecule has 5 aromatic rings. The molecule has 7 unspecified atom stereocenters. The summed E-state index contributed by atoms with van der Waals surface area (Å²) < 4.78 is 392. The lowest BCUT2D eigenvalue weighted by molar-refractivity contribution is 0.104. The highest BCUT2D eigenvalue weighted by Gasteiger charge is 2.11. The molecule has 0 aliphatic heterocycles. The minimum Gasteiger partial charge on any atom is -0.491 e. The van der Waals surface area contributed by atoms with Gasteiger partial charge in [-0.3, -0.25) is 0 Å². The van der Waals surface area contributed by atoms with Crippen LogP contribution in [0.4, 0.5) is 0 Å². The zero-order valence-electron chi connectivity index (χ0n) is 99.9. The summed E-state index contributed by atoms with van der Waals surface area (Å²) >= 11 is 0. The second-order valence-electron chi connectivity index (χ2n) is 19.3. The molecular weight excluding hydrogens is 1210 g/mol. The van der Waals surface area contributed by atoms with Crippen LogP contribution < -0.4 is 50.3 Å². The molecule has 5 rings (SSSR count). The highest BCUT2D eigenvalue weighted by Crippen LogP contribution is 2.17. The van der Waals surface area contributed by atoms with Crippen LogP contribution in [0, 0.1) is 0 Å². The SMILES string of the molecule is [2H]C(C)(C)NCC(O)C([2H])([2H])Oc1ccc(C([2H])([2H])C([2H])([2H])OC)cc1.[2H]C([2H])(Oc1ccc(C([2H])([2H])C([2H])([2H])OC)cc1)C(O)CNC(C)C.[2H]C([2H])(Oc1ccc(C([2H])([2H])C([2H])([2H])OC)cc1)C(O)CNC([2H])(C([2H])([2H])[2H])C([2H])([2H])[2H].[2H]C([2H])(Oc1ccc(C([2H])([2H])C([2H])([2H])OC)cc1)C(O)CNC([2H])(C)C([2H])([2H])[2H].[2H]C([2H])([2H])C(C)NCC(O)C([2H])([2H])Oc1ccc(C([2H])([2H])C([2H])([2H])OC)cc1. The second kappa shape index (κ2) is 56.5. The molecule has 0 radical (unpaired) electrons. The Morgan fingerprint density at radius 1 is 0.305 bits per heavy atom. The summed E-state index contributed by atoms with van der Waals surface area (Å²) in [5, 5.41) is 62.3. The van der Waals surface area contributed by atoms with Gasteiger partial charge in [0.15, 0.2) is 0 Å². The molecule has 0 saturated carbocycles. The van der Waals surface area contributed by atoms with Crippen LogP contribution in [0.1, 0.15) is 158 Å². The molecule has 7 atom stereocenters. The number of hydrogen-bond donors (Lipinski definition) is 10. The molecule has 0 bridgehead atoms. The van der Waals surface area contributed by atoms with E-state index in [1.54, 1.807) is 13.8 Å². The third kappa shape index (κ3) is 50.5. The van der Waals surface area contributed by atoms with E-state index in [1.165, 1.54) is 104 Å². The molecule has 10 N–H and O–H groups in total. The first-order valence-electron chi connectivity index (χ1n) is 51.4. The smallest absolute Gasteiger partial charge is 0.119 e. The Labute approximate surface area is 634 Å². The highest BCUT2D eigenvalue weighted by molar-refractivity contribution is 5.31. The van der Waals surface area contributed by atoms with Crippen molar-refractivity contribution < 1.29 is 135 Å². The third-order valence-corrected chi connectivity index (χ3v) is 10.3. The second-order valence-corrected chi connectivity index (χ2v) is 19.3. The summed E-state index contributed by atoms with van der Waals surface area (Å²) in [6.07, 6.45) is -20.9. The van der Waals surface area contributed by atoms with Crippen molar-refractivity contribution in [1.29, 1.82) is 0 Å². The van der Waals surface area contributed by atoms with Crippen molar-refractivity contribution in [2.24, 2.45) is 0 Å². The van der Waals surface area contributed by atoms with Crippen molar-refractivity contribution in [3.8, 4) is 28.7 Å². The van der Waals surface area contributed by atoms with E-state index in [-0.39, 0.29) is 82.2 Å². The molecule has 0 aliphatic rings. The zero-order chi connectivity index (χ0) is 110. The van der Waals surface area contributed by atoms with Crippen LogP contribution in [0.15, 0.2) is 121 Å². The number of aliphatic hydroxyl groups is 5. The number of ether oxygens (including phenoxy) is 10. The summed E-state index contributed by atoms with van der Waals surface area (Å²) in [6, 6.07) is 17.4. The van der Waals surface area contributed by atoms with Gasteiger partial charge in [-0.1, -0.05) is 130 Å². The van der Waals surface area contributed by atoms with Gasteiger partial charge >= 0.3 is 0 Å². The van der Waals surface area contributed by atoms with Crippen LogP contribution in [-0.2, 0) is 55.5 Å². The molecule has 0 heterocycles. The van der Waals surface area contributed by atoms with E-state index in [2.05, 4.69) is 45.0 Å². The van der Waals surface area contributed by atoms with Gasteiger partial charge in [0.2, 0.25) is 0 Å². The lowest BCUT2D eigenvalue weighted by Crippen LogP contribution is -2.35. The van der Waals surface area contributed by atoms with Crippen molar-refractivity contribution in [2.45, 2.75) is 161 Å². The Hall–Kier alpha value is -5.50. The predicted octanol–water partition coefficient (Wildman–Crippen LogP) is 8.07. The van der Waals surface area contributed by atoms with E-state index < -0.39 is 193 Å². The molecule has 0 saturated heterocycles. The van der Waals surface area contributed by atoms with Crippen LogP contribution >= 0.6 is 0 Å². The summed E-state index contributed by atoms with van der Waals surface area (Å²) in [5.41, 5.74) is -0.221. The number of rotatable bonds is 45. The van der Waals surface area contributed by atoms with Crippen molar-refractivity contribution in [2.75, 3.05) is 134 Å². The van der Waals surface area contributed by atoms with E-state index in [1.807, 2.05) is 19.2 Å². The summed E-state index contributed by atoms with van der Waals surface area (Å²) in [6.45, 7) is -30.1. The molecule has 0 amide bonds. The predicted molar refractivity (Wildman–Crippen MR) is 383 cm³/mol. The third-order valence-electron chi connectivity index (χ3n) is 10.3. The molecular formula is C75H125N5O15. The van der Waals surface area contributed by atoms with Gasteiger partial charge in [0.05, 0.1) is 60.2 Å². The van der Waals surface area contributed by atoms with Crippen LogP contribution in [0.2, 0.25) is 0 Å². The lowest BCUT2D eigenvalue weighted by atomic mass is 10.1. The summed E-state index contributed by atoms with van der Waals surface area (Å²) in [5.74, 6) is -0.153. The maximum atomic E-state index is 10.1. The normalized spacial score (nSPS) is 23.6. The monoisotopic (exact) mass is 1380 g/mol. The van der Waals surface area contributed by atoms with Gasteiger partial charge in [0, 0.05) is 133 Å². The van der Waals surface area contributed by atoms with E-state index in [4.69, 9.17) is 85.4 Å². The molecule has 5 aromatic carbocycles. The molecule has 0 fully saturated rings. The van der Waals surface area contributed by atoms with Crippen LogP contribution in [0.25, 0.3) is 0 Å². The Balaban J connectivity index is 0.000000877. The molecule has 20 heteroatoms. The average molecular weight is 1380 g/mol. The first-order chi connectivity index (χ1) is 62.5. The van der Waals surface area contributed by atoms with Gasteiger partial charge in [-0.15, -0.1) is 0 Å². The largest absolute Gasteiger partial charge is 0.491 e. The van der Waals surface area contributed by atoms with E-state index in [0.717, 1.165) is 66.7 Å². The van der Waals surface area contributed by atoms with Crippen LogP contribution in [0.3, 0.4) is 0 Å². The zero-order valence-corrected chi connectivity index (χ0v) is 54.9. The van der Waals surface area contributed by atoms with Gasteiger partial charge < -0.3 is 99.5 Å². The van der Waals surface area contributed by atoms with Gasteiger partial charge in [-0.05, 0) is 120 Å². The van der Waals surface area contributed by atoms with E-state index >= 15 is 0 Å². The highest BCUT2D eigenvalue weighted by atomic mass is 16.5. The first-order valence-corrected chi connectivity index (χ1v) is 28.9. The van der Waals surface area contributed by atoms with Crippen molar-refractivity contribution >= 4 is 0 Å². The Kier molecular flexibility index (Phi) is 23.1. The fourth-order valence-electron chi connectivity index (χ4n) is 5.86. The van der Waals surface area contributed by atoms with Gasteiger partial charge in [-0.25, -0.2) is 0 Å². The van der Waals surface area contributed by atoms with Gasteiger partial charge in [0.1, 0.15) is 92.1 Å². The molecule has 95 heavy (non-hydrogen) atoms. The van der Waals surface area contributed by atoms with E-state index in [9.17, 15) is 25.5 Å². The maximum absolute atomic E-state index is 10.1. The molecule has 0 spiro atoms.